The molecule has 0 radical (unpaired) electrons. The second-order valence-electron chi connectivity index (χ2n) is 8.42. The van der Waals surface area contributed by atoms with Crippen LogP contribution in [0.3, 0.4) is 0 Å². The predicted octanol–water partition coefficient (Wildman–Crippen LogP) is 6.77. The smallest absolute Gasteiger partial charge is 0.145 e. The number of hydrogen-bond donors (Lipinski definition) is 0. The van der Waals surface area contributed by atoms with Crippen molar-refractivity contribution < 1.29 is 8.78 Å². The summed E-state index contributed by atoms with van der Waals surface area (Å²) in [5, 5.41) is 8.70. The van der Waals surface area contributed by atoms with Crippen molar-refractivity contribution in [3.8, 4) is 17.9 Å². The van der Waals surface area contributed by atoms with E-state index in [9.17, 15) is 8.78 Å². The van der Waals surface area contributed by atoms with E-state index >= 15 is 0 Å². The van der Waals surface area contributed by atoms with Gasteiger partial charge in [0.2, 0.25) is 0 Å². The second-order valence-corrected chi connectivity index (χ2v) is 8.42. The maximum atomic E-state index is 13.6. The van der Waals surface area contributed by atoms with Crippen LogP contribution in [0.1, 0.15) is 75.8 Å². The lowest BCUT2D eigenvalue weighted by molar-refractivity contribution is 0.154. The number of nitrogens with zero attached hydrogens (tertiary/aromatic N) is 1. The number of benzene rings is 1. The summed E-state index contributed by atoms with van der Waals surface area (Å²) in [6.07, 6.45) is 16.1. The zero-order chi connectivity index (χ0) is 19.9. The Labute approximate surface area is 167 Å². The molecule has 0 N–H and O–H groups in total. The lowest BCUT2D eigenvalue weighted by atomic mass is 9.69. The minimum absolute atomic E-state index is 0.255. The van der Waals surface area contributed by atoms with E-state index in [1.165, 1.54) is 63.9 Å². The SMILES string of the molecule is CC[C@H]1CC[C@H](C2CCC(/C=C/C#Cc3cc(F)c(C#N)c(F)c3)CC2)CC1. The van der Waals surface area contributed by atoms with Gasteiger partial charge in [0, 0.05) is 5.56 Å². The minimum Gasteiger partial charge on any atom is -0.205 e. The Kier molecular flexibility index (Phi) is 7.27. The van der Waals surface area contributed by atoms with Gasteiger partial charge in [0.1, 0.15) is 23.3 Å². The Bertz CT molecular complexity index is 769. The molecule has 0 aromatic heterocycles. The van der Waals surface area contributed by atoms with Crippen LogP contribution in [0.4, 0.5) is 8.78 Å². The van der Waals surface area contributed by atoms with Crippen molar-refractivity contribution in [1.29, 1.82) is 5.26 Å². The summed E-state index contributed by atoms with van der Waals surface area (Å²) in [6.45, 7) is 2.32. The molecule has 1 nitrogen and oxygen atoms in total. The summed E-state index contributed by atoms with van der Waals surface area (Å²) in [7, 11) is 0. The highest BCUT2D eigenvalue weighted by atomic mass is 19.1. The third kappa shape index (κ3) is 5.23. The van der Waals surface area contributed by atoms with Gasteiger partial charge in [-0.2, -0.15) is 5.26 Å². The molecular weight excluding hydrogens is 352 g/mol. The third-order valence-electron chi connectivity index (χ3n) is 6.77. The largest absolute Gasteiger partial charge is 0.205 e. The fraction of sp³-hybridized carbons (Fsp3) is 0.560. The molecule has 2 aliphatic rings. The molecule has 0 heterocycles. The number of hydrogen-bond acceptors (Lipinski definition) is 1. The third-order valence-corrected chi connectivity index (χ3v) is 6.77. The topological polar surface area (TPSA) is 23.8 Å². The van der Waals surface area contributed by atoms with Crippen molar-refractivity contribution in [2.24, 2.45) is 23.7 Å². The van der Waals surface area contributed by atoms with Crippen LogP contribution in [-0.2, 0) is 0 Å². The van der Waals surface area contributed by atoms with Crippen LogP contribution >= 0.6 is 0 Å². The van der Waals surface area contributed by atoms with Crippen molar-refractivity contribution >= 4 is 0 Å². The van der Waals surface area contributed by atoms with Crippen molar-refractivity contribution in [3.05, 3.63) is 47.0 Å². The van der Waals surface area contributed by atoms with Crippen molar-refractivity contribution in [3.63, 3.8) is 0 Å². The van der Waals surface area contributed by atoms with Gasteiger partial charge in [0.25, 0.3) is 0 Å². The van der Waals surface area contributed by atoms with Gasteiger partial charge in [-0.25, -0.2) is 8.78 Å². The summed E-state index contributed by atoms with van der Waals surface area (Å²) in [5.41, 5.74) is -0.300. The van der Waals surface area contributed by atoms with Crippen molar-refractivity contribution in [2.45, 2.75) is 64.7 Å². The summed E-state index contributed by atoms with van der Waals surface area (Å²) in [5.74, 6) is 7.29. The standard InChI is InChI=1S/C25H29F2N/c1-2-18-7-11-21(12-8-18)22-13-9-19(10-14-22)5-3-4-6-20-15-24(26)23(17-28)25(27)16-20/h3,5,15-16,18-19,21-22H,2,7-14H2,1H3/b5-3+/t18-,19?,21-,22?. The normalized spacial score (nSPS) is 27.8. The van der Waals surface area contributed by atoms with Gasteiger partial charge in [-0.05, 0) is 80.4 Å². The Hall–Kier alpha value is -2.13. The second kappa shape index (κ2) is 9.88. The first-order valence-electron chi connectivity index (χ1n) is 10.7. The highest BCUT2D eigenvalue weighted by molar-refractivity contribution is 5.43. The molecule has 1 aromatic carbocycles. The summed E-state index contributed by atoms with van der Waals surface area (Å²) in [4.78, 5) is 0. The minimum atomic E-state index is -0.859. The molecule has 1 aromatic rings. The first-order chi connectivity index (χ1) is 13.6. The van der Waals surface area contributed by atoms with E-state index in [-0.39, 0.29) is 5.56 Å². The molecule has 0 amide bonds. The van der Waals surface area contributed by atoms with Gasteiger partial charge in [-0.15, -0.1) is 0 Å². The molecule has 0 unspecified atom stereocenters. The predicted molar refractivity (Wildman–Crippen MR) is 108 cm³/mol. The molecule has 0 saturated heterocycles. The number of rotatable bonds is 3. The van der Waals surface area contributed by atoms with Crippen LogP contribution in [-0.4, -0.2) is 0 Å². The highest BCUT2D eigenvalue weighted by Gasteiger charge is 2.29. The van der Waals surface area contributed by atoms with Gasteiger partial charge >= 0.3 is 0 Å². The van der Waals surface area contributed by atoms with Crippen LogP contribution in [0.25, 0.3) is 0 Å². The Morgan fingerprint density at radius 1 is 0.964 bits per heavy atom. The van der Waals surface area contributed by atoms with E-state index in [1.54, 1.807) is 0 Å². The zero-order valence-electron chi connectivity index (χ0n) is 16.7. The van der Waals surface area contributed by atoms with Gasteiger partial charge in [-0.3, -0.25) is 0 Å². The molecule has 3 heteroatoms. The van der Waals surface area contributed by atoms with Crippen molar-refractivity contribution in [1.82, 2.24) is 0 Å². The molecular formula is C25H29F2N. The zero-order valence-corrected chi connectivity index (χ0v) is 16.7. The van der Waals surface area contributed by atoms with Crippen LogP contribution < -0.4 is 0 Å². The van der Waals surface area contributed by atoms with Crippen LogP contribution in [0, 0.1) is 58.5 Å². The monoisotopic (exact) mass is 381 g/mol. The summed E-state index contributed by atoms with van der Waals surface area (Å²) in [6, 6.07) is 3.75. The molecule has 0 aliphatic heterocycles. The van der Waals surface area contributed by atoms with Crippen LogP contribution in [0.5, 0.6) is 0 Å². The maximum absolute atomic E-state index is 13.6. The summed E-state index contributed by atoms with van der Waals surface area (Å²) < 4.78 is 27.2. The Morgan fingerprint density at radius 3 is 2.07 bits per heavy atom. The van der Waals surface area contributed by atoms with E-state index < -0.39 is 17.2 Å². The van der Waals surface area contributed by atoms with Crippen LogP contribution in [0.2, 0.25) is 0 Å². The molecule has 2 saturated carbocycles. The lowest BCUT2D eigenvalue weighted by Gasteiger charge is -2.37. The van der Waals surface area contributed by atoms with E-state index in [1.807, 2.05) is 6.08 Å². The van der Waals surface area contributed by atoms with Crippen LogP contribution in [0.15, 0.2) is 24.3 Å². The number of nitriles is 1. The first-order valence-corrected chi connectivity index (χ1v) is 10.7. The molecule has 0 bridgehead atoms. The molecule has 2 aliphatic carbocycles. The fourth-order valence-electron chi connectivity index (χ4n) is 4.94. The number of allylic oxidation sites excluding steroid dienone is 2. The molecule has 148 valence electrons. The van der Waals surface area contributed by atoms with Gasteiger partial charge in [-0.1, -0.05) is 44.1 Å². The maximum Gasteiger partial charge on any atom is 0.145 e. The summed E-state index contributed by atoms with van der Waals surface area (Å²) >= 11 is 0. The Balaban J connectivity index is 1.48. The molecule has 0 spiro atoms. The highest BCUT2D eigenvalue weighted by Crippen LogP contribution is 2.42. The average Bonchev–Trinajstić information content (AvgIpc) is 2.72. The molecule has 28 heavy (non-hydrogen) atoms. The van der Waals surface area contributed by atoms with Gasteiger partial charge in [0.05, 0.1) is 0 Å². The molecule has 3 rings (SSSR count). The van der Waals surface area contributed by atoms with E-state index in [4.69, 9.17) is 5.26 Å². The van der Waals surface area contributed by atoms with E-state index in [2.05, 4.69) is 24.8 Å². The number of halogens is 2. The molecule has 0 atom stereocenters. The quantitative estimate of drug-likeness (QED) is 0.530. The van der Waals surface area contributed by atoms with E-state index in [0.717, 1.165) is 29.9 Å². The first kappa shape index (κ1) is 20.6. The fourth-order valence-corrected chi connectivity index (χ4v) is 4.94. The Morgan fingerprint density at radius 2 is 1.54 bits per heavy atom. The van der Waals surface area contributed by atoms with E-state index in [0.29, 0.717) is 5.92 Å². The molecule has 2 fully saturated rings. The lowest BCUT2D eigenvalue weighted by Crippen LogP contribution is -2.25. The van der Waals surface area contributed by atoms with Crippen molar-refractivity contribution in [2.75, 3.05) is 0 Å². The van der Waals surface area contributed by atoms with Gasteiger partial charge < -0.3 is 0 Å². The van der Waals surface area contributed by atoms with Gasteiger partial charge in [0.15, 0.2) is 0 Å². The average molecular weight is 382 g/mol.